The van der Waals surface area contributed by atoms with Crippen LogP contribution in [0.2, 0.25) is 0 Å². The summed E-state index contributed by atoms with van der Waals surface area (Å²) in [5, 5.41) is 23.6. The van der Waals surface area contributed by atoms with Gasteiger partial charge in [0.05, 0.1) is 16.8 Å². The van der Waals surface area contributed by atoms with E-state index in [9.17, 15) is 15.0 Å². The summed E-state index contributed by atoms with van der Waals surface area (Å²) >= 11 is 1.64. The van der Waals surface area contributed by atoms with Crippen LogP contribution >= 0.6 is 11.3 Å². The van der Waals surface area contributed by atoms with E-state index < -0.39 is 17.5 Å². The summed E-state index contributed by atoms with van der Waals surface area (Å²) in [4.78, 5) is 18.8. The van der Waals surface area contributed by atoms with Gasteiger partial charge in [-0.1, -0.05) is 37.3 Å². The van der Waals surface area contributed by atoms with E-state index >= 15 is 0 Å². The molecule has 0 radical (unpaired) electrons. The van der Waals surface area contributed by atoms with Crippen LogP contribution in [-0.2, 0) is 24.2 Å². The molecule has 1 fully saturated rings. The summed E-state index contributed by atoms with van der Waals surface area (Å²) < 4.78 is 0. The maximum atomic E-state index is 12.1. The van der Waals surface area contributed by atoms with Gasteiger partial charge in [-0.15, -0.1) is 11.3 Å². The molecule has 0 spiro atoms. The molecule has 2 heterocycles. The Labute approximate surface area is 152 Å². The molecule has 2 atom stereocenters. The van der Waals surface area contributed by atoms with E-state index in [1.807, 2.05) is 35.7 Å². The number of hydrogen-bond acceptors (Lipinski definition) is 5. The molecule has 5 nitrogen and oxygen atoms in total. The lowest BCUT2D eigenvalue weighted by atomic mass is 9.73. The molecular weight excluding hydrogens is 336 g/mol. The summed E-state index contributed by atoms with van der Waals surface area (Å²) in [7, 11) is 0. The molecule has 0 aliphatic carbocycles. The normalized spacial score (nSPS) is 24.3. The molecule has 6 heteroatoms. The first-order valence-corrected chi connectivity index (χ1v) is 9.52. The number of carboxylic acids is 1. The summed E-state index contributed by atoms with van der Waals surface area (Å²) in [6.45, 7) is 3.73. The number of aliphatic hydroxyl groups is 1. The van der Waals surface area contributed by atoms with E-state index in [-0.39, 0.29) is 0 Å². The number of thiazole rings is 1. The Kier molecular flexibility index (Phi) is 5.51. The average molecular weight is 360 g/mol. The second-order valence-electron chi connectivity index (χ2n) is 6.72. The van der Waals surface area contributed by atoms with E-state index in [1.54, 1.807) is 11.3 Å². The highest BCUT2D eigenvalue weighted by molar-refractivity contribution is 7.09. The van der Waals surface area contributed by atoms with Gasteiger partial charge in [0.15, 0.2) is 0 Å². The second kappa shape index (κ2) is 7.64. The van der Waals surface area contributed by atoms with Gasteiger partial charge >= 0.3 is 5.97 Å². The number of carboxylic acid groups (broad SMARTS) is 1. The Bertz CT molecular complexity index is 718. The summed E-state index contributed by atoms with van der Waals surface area (Å²) in [6.07, 6.45) is 0.862. The van der Waals surface area contributed by atoms with Crippen molar-refractivity contribution in [1.29, 1.82) is 0 Å². The number of benzene rings is 1. The van der Waals surface area contributed by atoms with Crippen LogP contribution in [0.25, 0.3) is 0 Å². The van der Waals surface area contributed by atoms with Crippen LogP contribution in [0.1, 0.15) is 29.6 Å². The van der Waals surface area contributed by atoms with Crippen molar-refractivity contribution in [2.24, 2.45) is 5.41 Å². The number of aliphatic hydroxyl groups excluding tert-OH is 1. The number of piperidine rings is 1. The van der Waals surface area contributed by atoms with Crippen LogP contribution in [0.5, 0.6) is 0 Å². The van der Waals surface area contributed by atoms with Crippen molar-refractivity contribution in [3.05, 3.63) is 52.0 Å². The molecule has 1 saturated heterocycles. The van der Waals surface area contributed by atoms with Gasteiger partial charge in [0, 0.05) is 25.0 Å². The minimum absolute atomic E-state index is 0.331. The van der Waals surface area contributed by atoms with Gasteiger partial charge in [-0.25, -0.2) is 4.98 Å². The molecule has 2 N–H and O–H groups in total. The molecule has 0 amide bonds. The highest BCUT2D eigenvalue weighted by Crippen LogP contribution is 2.35. The Morgan fingerprint density at radius 3 is 2.80 bits per heavy atom. The van der Waals surface area contributed by atoms with Gasteiger partial charge in [-0.2, -0.15) is 0 Å². The fourth-order valence-electron chi connectivity index (χ4n) is 3.53. The SMILES string of the molecule is CCc1nc(CN2CC[C@H](O)[C@@](Cc3ccccc3)(C(=O)O)C2)cs1. The lowest BCUT2D eigenvalue weighted by molar-refractivity contribution is -0.163. The summed E-state index contributed by atoms with van der Waals surface area (Å²) in [5.41, 5.74) is 0.744. The Hall–Kier alpha value is -1.76. The molecule has 2 aromatic rings. The number of rotatable bonds is 6. The van der Waals surface area contributed by atoms with Gasteiger partial charge in [-0.05, 0) is 24.8 Å². The molecule has 1 aliphatic heterocycles. The Morgan fingerprint density at radius 1 is 1.40 bits per heavy atom. The first-order valence-electron chi connectivity index (χ1n) is 8.64. The molecule has 134 valence electrons. The van der Waals surface area contributed by atoms with E-state index in [1.165, 1.54) is 0 Å². The number of nitrogens with zero attached hydrogens (tertiary/aromatic N) is 2. The summed E-state index contributed by atoms with van der Waals surface area (Å²) in [5.74, 6) is -0.930. The zero-order chi connectivity index (χ0) is 17.9. The smallest absolute Gasteiger partial charge is 0.313 e. The number of carbonyl (C=O) groups is 1. The highest BCUT2D eigenvalue weighted by Gasteiger charge is 2.49. The number of aliphatic carboxylic acids is 1. The number of likely N-dealkylation sites (tertiary alicyclic amines) is 1. The van der Waals surface area contributed by atoms with Crippen LogP contribution in [0, 0.1) is 5.41 Å². The van der Waals surface area contributed by atoms with Crippen molar-refractivity contribution in [2.45, 2.75) is 38.8 Å². The Balaban J connectivity index is 1.79. The quantitative estimate of drug-likeness (QED) is 0.828. The van der Waals surface area contributed by atoms with Crippen LogP contribution in [0.3, 0.4) is 0 Å². The van der Waals surface area contributed by atoms with Crippen LogP contribution in [-0.4, -0.2) is 45.3 Å². The first-order chi connectivity index (χ1) is 12.0. The van der Waals surface area contributed by atoms with Gasteiger partial charge < -0.3 is 10.2 Å². The number of aryl methyl sites for hydroxylation is 1. The lowest BCUT2D eigenvalue weighted by Gasteiger charge is -2.43. The molecule has 3 rings (SSSR count). The fourth-order valence-corrected chi connectivity index (χ4v) is 4.27. The maximum absolute atomic E-state index is 12.1. The predicted molar refractivity (Wildman–Crippen MR) is 97.6 cm³/mol. The third-order valence-corrected chi connectivity index (χ3v) is 5.98. The van der Waals surface area contributed by atoms with Crippen molar-refractivity contribution < 1.29 is 15.0 Å². The number of aromatic nitrogens is 1. The maximum Gasteiger partial charge on any atom is 0.313 e. The molecule has 1 aromatic carbocycles. The van der Waals surface area contributed by atoms with Crippen molar-refractivity contribution in [2.75, 3.05) is 13.1 Å². The molecule has 0 unspecified atom stereocenters. The van der Waals surface area contributed by atoms with Crippen molar-refractivity contribution >= 4 is 17.3 Å². The summed E-state index contributed by atoms with van der Waals surface area (Å²) in [6, 6.07) is 9.56. The van der Waals surface area contributed by atoms with Crippen molar-refractivity contribution in [3.8, 4) is 0 Å². The number of hydrogen-bond donors (Lipinski definition) is 2. The van der Waals surface area contributed by atoms with Crippen molar-refractivity contribution in [3.63, 3.8) is 0 Å². The highest BCUT2D eigenvalue weighted by atomic mass is 32.1. The van der Waals surface area contributed by atoms with Gasteiger partial charge in [0.25, 0.3) is 0 Å². The van der Waals surface area contributed by atoms with E-state index in [0.717, 1.165) is 22.7 Å². The minimum Gasteiger partial charge on any atom is -0.481 e. The third kappa shape index (κ3) is 3.92. The lowest BCUT2D eigenvalue weighted by Crippen LogP contribution is -2.56. The zero-order valence-corrected chi connectivity index (χ0v) is 15.2. The predicted octanol–water partition coefficient (Wildman–Crippen LogP) is 2.59. The Morgan fingerprint density at radius 2 is 2.16 bits per heavy atom. The molecule has 1 aliphatic rings. The van der Waals surface area contributed by atoms with E-state index in [2.05, 4.69) is 16.8 Å². The van der Waals surface area contributed by atoms with E-state index in [4.69, 9.17) is 0 Å². The fraction of sp³-hybridized carbons (Fsp3) is 0.474. The van der Waals surface area contributed by atoms with Gasteiger partial charge in [0.2, 0.25) is 0 Å². The van der Waals surface area contributed by atoms with Crippen LogP contribution in [0.15, 0.2) is 35.7 Å². The molecule has 25 heavy (non-hydrogen) atoms. The van der Waals surface area contributed by atoms with Gasteiger partial charge in [-0.3, -0.25) is 9.69 Å². The zero-order valence-electron chi connectivity index (χ0n) is 14.4. The standard InChI is InChI=1S/C19H24N2O3S/c1-2-17-20-15(12-25-17)11-21-9-8-16(22)19(13-21,18(23)24)10-14-6-4-3-5-7-14/h3-7,12,16,22H,2,8-11,13H2,1H3,(H,23,24)/t16-,19-/m0/s1. The second-order valence-corrected chi connectivity index (χ2v) is 7.67. The van der Waals surface area contributed by atoms with Crippen LogP contribution in [0.4, 0.5) is 0 Å². The topological polar surface area (TPSA) is 73.7 Å². The first kappa shape index (κ1) is 18.0. The molecular formula is C19H24N2O3S. The van der Waals surface area contributed by atoms with Crippen molar-refractivity contribution in [1.82, 2.24) is 9.88 Å². The molecule has 1 aromatic heterocycles. The minimum atomic E-state index is -1.18. The molecule has 0 saturated carbocycles. The average Bonchev–Trinajstić information content (AvgIpc) is 3.06. The van der Waals surface area contributed by atoms with Gasteiger partial charge in [0.1, 0.15) is 5.41 Å². The molecule has 0 bridgehead atoms. The largest absolute Gasteiger partial charge is 0.481 e. The van der Waals surface area contributed by atoms with Crippen LogP contribution < -0.4 is 0 Å². The third-order valence-electron chi connectivity index (χ3n) is 4.94. The monoisotopic (exact) mass is 360 g/mol. The van der Waals surface area contributed by atoms with E-state index in [0.29, 0.717) is 32.5 Å².